The van der Waals surface area contributed by atoms with Gasteiger partial charge < -0.3 is 5.73 Å². The van der Waals surface area contributed by atoms with Crippen molar-refractivity contribution in [3.05, 3.63) is 24.0 Å². The van der Waals surface area contributed by atoms with Crippen molar-refractivity contribution in [2.24, 2.45) is 5.73 Å². The molecule has 0 amide bonds. The second-order valence-electron chi connectivity index (χ2n) is 2.27. The molecular formula is C8H15Cl2N3. The van der Waals surface area contributed by atoms with Crippen LogP contribution in [0, 0.1) is 0 Å². The van der Waals surface area contributed by atoms with E-state index in [1.165, 1.54) is 0 Å². The van der Waals surface area contributed by atoms with Gasteiger partial charge in [0.25, 0.3) is 0 Å². The molecular weight excluding hydrogens is 209 g/mol. The van der Waals surface area contributed by atoms with Crippen LogP contribution < -0.4 is 5.73 Å². The summed E-state index contributed by atoms with van der Waals surface area (Å²) in [6.07, 6.45) is 7.71. The number of hydrogen-bond donors (Lipinski definition) is 1. The van der Waals surface area contributed by atoms with E-state index >= 15 is 0 Å². The average molecular weight is 224 g/mol. The fourth-order valence-corrected chi connectivity index (χ4v) is 0.843. The molecule has 76 valence electrons. The highest BCUT2D eigenvalue weighted by atomic mass is 35.5. The number of aromatic nitrogens is 2. The SMILES string of the molecule is CCn1cc(/C=C/CN)cn1.Cl.Cl. The zero-order valence-electron chi connectivity index (χ0n) is 7.51. The zero-order valence-corrected chi connectivity index (χ0v) is 9.14. The van der Waals surface area contributed by atoms with Gasteiger partial charge in [0.1, 0.15) is 0 Å². The average Bonchev–Trinajstić information content (AvgIpc) is 2.48. The molecule has 0 fully saturated rings. The van der Waals surface area contributed by atoms with Crippen molar-refractivity contribution in [3.63, 3.8) is 0 Å². The summed E-state index contributed by atoms with van der Waals surface area (Å²) < 4.78 is 1.89. The van der Waals surface area contributed by atoms with Crippen molar-refractivity contribution >= 4 is 30.9 Å². The Hall–Kier alpha value is -0.510. The van der Waals surface area contributed by atoms with Crippen LogP contribution >= 0.6 is 24.8 Å². The molecule has 2 N–H and O–H groups in total. The summed E-state index contributed by atoms with van der Waals surface area (Å²) in [7, 11) is 0. The van der Waals surface area contributed by atoms with E-state index in [1.54, 1.807) is 0 Å². The summed E-state index contributed by atoms with van der Waals surface area (Å²) >= 11 is 0. The second kappa shape index (κ2) is 8.10. The first-order valence-electron chi connectivity index (χ1n) is 3.76. The van der Waals surface area contributed by atoms with E-state index in [9.17, 15) is 0 Å². The van der Waals surface area contributed by atoms with Crippen molar-refractivity contribution in [2.45, 2.75) is 13.5 Å². The van der Waals surface area contributed by atoms with Crippen LogP contribution in [0.15, 0.2) is 18.5 Å². The first-order valence-corrected chi connectivity index (χ1v) is 3.76. The quantitative estimate of drug-likeness (QED) is 0.849. The first-order chi connectivity index (χ1) is 5.36. The lowest BCUT2D eigenvalue weighted by atomic mass is 10.3. The third kappa shape index (κ3) is 4.93. The van der Waals surface area contributed by atoms with Crippen LogP contribution in [0.25, 0.3) is 6.08 Å². The largest absolute Gasteiger partial charge is 0.327 e. The number of halogens is 2. The molecule has 0 saturated heterocycles. The Balaban J connectivity index is 0. The maximum absolute atomic E-state index is 5.30. The highest BCUT2D eigenvalue weighted by Gasteiger charge is 1.89. The van der Waals surface area contributed by atoms with E-state index in [1.807, 2.05) is 29.2 Å². The molecule has 3 nitrogen and oxygen atoms in total. The fourth-order valence-electron chi connectivity index (χ4n) is 0.843. The first kappa shape index (κ1) is 15.0. The maximum atomic E-state index is 5.30. The molecule has 0 spiro atoms. The lowest BCUT2D eigenvalue weighted by Crippen LogP contribution is -1.92. The van der Waals surface area contributed by atoms with Gasteiger partial charge in [-0.15, -0.1) is 24.8 Å². The molecule has 13 heavy (non-hydrogen) atoms. The van der Waals surface area contributed by atoms with Crippen LogP contribution in [-0.2, 0) is 6.54 Å². The molecule has 0 saturated carbocycles. The topological polar surface area (TPSA) is 43.8 Å². The monoisotopic (exact) mass is 223 g/mol. The van der Waals surface area contributed by atoms with E-state index < -0.39 is 0 Å². The summed E-state index contributed by atoms with van der Waals surface area (Å²) in [5.74, 6) is 0. The minimum atomic E-state index is 0. The number of nitrogens with zero attached hydrogens (tertiary/aromatic N) is 2. The van der Waals surface area contributed by atoms with Crippen molar-refractivity contribution in [1.82, 2.24) is 9.78 Å². The summed E-state index contributed by atoms with van der Waals surface area (Å²) in [5.41, 5.74) is 6.41. The Morgan fingerprint density at radius 1 is 1.54 bits per heavy atom. The van der Waals surface area contributed by atoms with Gasteiger partial charge in [-0.05, 0) is 6.92 Å². The smallest absolute Gasteiger partial charge is 0.0562 e. The summed E-state index contributed by atoms with van der Waals surface area (Å²) in [6, 6.07) is 0. The van der Waals surface area contributed by atoms with Gasteiger partial charge in [-0.25, -0.2) is 0 Å². The van der Waals surface area contributed by atoms with Gasteiger partial charge in [0.15, 0.2) is 0 Å². The van der Waals surface area contributed by atoms with Gasteiger partial charge in [-0.2, -0.15) is 5.10 Å². The maximum Gasteiger partial charge on any atom is 0.0562 e. The van der Waals surface area contributed by atoms with E-state index in [2.05, 4.69) is 12.0 Å². The summed E-state index contributed by atoms with van der Waals surface area (Å²) in [6.45, 7) is 3.55. The molecule has 0 bridgehead atoms. The van der Waals surface area contributed by atoms with Crippen molar-refractivity contribution in [2.75, 3.05) is 6.54 Å². The Kier molecular flexibility index (Phi) is 9.34. The highest BCUT2D eigenvalue weighted by molar-refractivity contribution is 5.85. The standard InChI is InChI=1S/C8H13N3.2ClH/c1-2-11-7-8(6-10-11)4-3-5-9;;/h3-4,6-7H,2,5,9H2,1H3;2*1H/b4-3+;;. The molecule has 0 atom stereocenters. The molecule has 0 aliphatic rings. The van der Waals surface area contributed by atoms with Crippen LogP contribution in [0.4, 0.5) is 0 Å². The van der Waals surface area contributed by atoms with Gasteiger partial charge in [0, 0.05) is 24.8 Å². The molecule has 0 radical (unpaired) electrons. The van der Waals surface area contributed by atoms with E-state index in [4.69, 9.17) is 5.73 Å². The van der Waals surface area contributed by atoms with Gasteiger partial charge in [0.2, 0.25) is 0 Å². The zero-order chi connectivity index (χ0) is 8.10. The van der Waals surface area contributed by atoms with Gasteiger partial charge in [0.05, 0.1) is 6.20 Å². The van der Waals surface area contributed by atoms with Gasteiger partial charge in [-0.3, -0.25) is 4.68 Å². The third-order valence-electron chi connectivity index (χ3n) is 1.42. The van der Waals surface area contributed by atoms with E-state index in [-0.39, 0.29) is 24.8 Å². The Bertz CT molecular complexity index is 245. The van der Waals surface area contributed by atoms with Crippen molar-refractivity contribution < 1.29 is 0 Å². The van der Waals surface area contributed by atoms with Crippen LogP contribution in [0.2, 0.25) is 0 Å². The fraction of sp³-hybridized carbons (Fsp3) is 0.375. The molecule has 0 unspecified atom stereocenters. The third-order valence-corrected chi connectivity index (χ3v) is 1.42. The Labute approximate surface area is 90.8 Å². The summed E-state index contributed by atoms with van der Waals surface area (Å²) in [4.78, 5) is 0. The van der Waals surface area contributed by atoms with Crippen molar-refractivity contribution in [3.8, 4) is 0 Å². The second-order valence-corrected chi connectivity index (χ2v) is 2.27. The van der Waals surface area contributed by atoms with Gasteiger partial charge in [-0.1, -0.05) is 12.2 Å². The van der Waals surface area contributed by atoms with Gasteiger partial charge >= 0.3 is 0 Å². The normalized spacial score (nSPS) is 9.38. The minimum Gasteiger partial charge on any atom is -0.327 e. The predicted octanol–water partition coefficient (Wildman–Crippen LogP) is 1.72. The van der Waals surface area contributed by atoms with Crippen LogP contribution in [0.3, 0.4) is 0 Å². The number of hydrogen-bond acceptors (Lipinski definition) is 2. The minimum absolute atomic E-state index is 0. The molecule has 5 heteroatoms. The molecule has 1 aromatic rings. The summed E-state index contributed by atoms with van der Waals surface area (Å²) in [5, 5.41) is 4.11. The highest BCUT2D eigenvalue weighted by Crippen LogP contribution is 1.99. The van der Waals surface area contributed by atoms with E-state index in [0.29, 0.717) is 6.54 Å². The molecule has 0 aliphatic carbocycles. The van der Waals surface area contributed by atoms with Crippen LogP contribution in [-0.4, -0.2) is 16.3 Å². The molecule has 1 aromatic heterocycles. The number of aryl methyl sites for hydroxylation is 1. The molecule has 1 heterocycles. The van der Waals surface area contributed by atoms with Crippen LogP contribution in [0.1, 0.15) is 12.5 Å². The van der Waals surface area contributed by atoms with E-state index in [0.717, 1.165) is 12.1 Å². The Morgan fingerprint density at radius 2 is 2.23 bits per heavy atom. The molecule has 0 aliphatic heterocycles. The van der Waals surface area contributed by atoms with Crippen molar-refractivity contribution in [1.29, 1.82) is 0 Å². The molecule has 0 aromatic carbocycles. The number of rotatable bonds is 3. The lowest BCUT2D eigenvalue weighted by Gasteiger charge is -1.89. The predicted molar refractivity (Wildman–Crippen MR) is 60.5 cm³/mol. The lowest BCUT2D eigenvalue weighted by molar-refractivity contribution is 0.660. The van der Waals surface area contributed by atoms with Crippen LogP contribution in [0.5, 0.6) is 0 Å². The number of nitrogens with two attached hydrogens (primary N) is 1. The Morgan fingerprint density at radius 3 is 2.69 bits per heavy atom. The molecule has 1 rings (SSSR count).